The zero-order chi connectivity index (χ0) is 12.0. The molecule has 1 aromatic heterocycles. The normalized spacial score (nSPS) is 13.7. The number of hydrogen-bond donors (Lipinski definition) is 1. The van der Waals surface area contributed by atoms with Crippen molar-refractivity contribution in [3.63, 3.8) is 0 Å². The Kier molecular flexibility index (Phi) is 2.23. The molecular formula is C12H12BN3S. The van der Waals surface area contributed by atoms with Crippen LogP contribution < -0.4 is 10.5 Å². The highest BCUT2D eigenvalue weighted by Crippen LogP contribution is 2.41. The van der Waals surface area contributed by atoms with Crippen LogP contribution in [-0.4, -0.2) is 13.8 Å². The molecule has 0 radical (unpaired) electrons. The van der Waals surface area contributed by atoms with Crippen LogP contribution in [0.15, 0.2) is 35.3 Å². The van der Waals surface area contributed by atoms with Gasteiger partial charge in [-0.3, -0.25) is 0 Å². The average Bonchev–Trinajstić information content (AvgIpc) is 2.67. The summed E-state index contributed by atoms with van der Waals surface area (Å²) in [7, 11) is 2.06. The summed E-state index contributed by atoms with van der Waals surface area (Å²) < 4.78 is 0. The number of rotatable bonds is 0. The summed E-state index contributed by atoms with van der Waals surface area (Å²) in [5.74, 6) is 0.598. The molecule has 0 spiro atoms. The third-order valence-corrected chi connectivity index (χ3v) is 4.03. The lowest BCUT2D eigenvalue weighted by atomic mass is 10.2. The topological polar surface area (TPSA) is 41.6 Å². The minimum atomic E-state index is 0.598. The van der Waals surface area contributed by atoms with Gasteiger partial charge in [-0.2, -0.15) is 0 Å². The number of hydrogen-bond acceptors (Lipinski definition) is 4. The molecule has 1 aliphatic rings. The second kappa shape index (κ2) is 3.63. The lowest BCUT2D eigenvalue weighted by Crippen LogP contribution is -2.15. The van der Waals surface area contributed by atoms with E-state index in [0.29, 0.717) is 5.84 Å². The molecule has 0 bridgehead atoms. The molecule has 0 amide bonds. The molecule has 2 heterocycles. The van der Waals surface area contributed by atoms with Crippen molar-refractivity contribution in [2.24, 2.45) is 10.7 Å². The van der Waals surface area contributed by atoms with Gasteiger partial charge in [0, 0.05) is 4.88 Å². The fraction of sp³-hybridized carbons (Fsp3) is 0.0833. The predicted molar refractivity (Wildman–Crippen MR) is 76.6 cm³/mol. The van der Waals surface area contributed by atoms with Gasteiger partial charge < -0.3 is 10.5 Å². The number of anilines is 2. The Morgan fingerprint density at radius 2 is 2.12 bits per heavy atom. The SMILES string of the molecule is BN1c2ccccc2N=C(N)c2cc(C)sc21. The molecule has 3 rings (SSSR count). The summed E-state index contributed by atoms with van der Waals surface area (Å²) in [5, 5.41) is 1.16. The summed E-state index contributed by atoms with van der Waals surface area (Å²) in [4.78, 5) is 7.91. The maximum atomic E-state index is 6.07. The van der Waals surface area contributed by atoms with Crippen molar-refractivity contribution in [2.45, 2.75) is 6.92 Å². The Bertz CT molecular complexity index is 618. The van der Waals surface area contributed by atoms with Crippen molar-refractivity contribution in [1.29, 1.82) is 0 Å². The Morgan fingerprint density at radius 3 is 2.94 bits per heavy atom. The highest BCUT2D eigenvalue weighted by atomic mass is 32.1. The molecule has 3 nitrogen and oxygen atoms in total. The molecule has 1 aliphatic heterocycles. The first-order valence-corrected chi connectivity index (χ1v) is 6.26. The highest BCUT2D eigenvalue weighted by Gasteiger charge is 2.20. The summed E-state index contributed by atoms with van der Waals surface area (Å²) >= 11 is 1.74. The van der Waals surface area contributed by atoms with Gasteiger partial charge in [0.05, 0.1) is 21.9 Å². The standard InChI is InChI=1S/C12H12BN3S/c1-7-6-8-11(14)15-9-4-2-3-5-10(9)16(13)12(8)17-7/h2-6H,13H2,1H3,(H2,14,15). The van der Waals surface area contributed by atoms with E-state index in [1.165, 1.54) is 4.88 Å². The van der Waals surface area contributed by atoms with E-state index >= 15 is 0 Å². The number of amidine groups is 1. The molecule has 17 heavy (non-hydrogen) atoms. The van der Waals surface area contributed by atoms with Crippen molar-refractivity contribution in [3.8, 4) is 0 Å². The molecule has 0 fully saturated rings. The monoisotopic (exact) mass is 241 g/mol. The minimum absolute atomic E-state index is 0.598. The van der Waals surface area contributed by atoms with Crippen LogP contribution in [0.2, 0.25) is 0 Å². The zero-order valence-electron chi connectivity index (χ0n) is 9.77. The average molecular weight is 241 g/mol. The van der Waals surface area contributed by atoms with Gasteiger partial charge in [0.1, 0.15) is 5.84 Å². The molecule has 0 aliphatic carbocycles. The molecule has 0 unspecified atom stereocenters. The van der Waals surface area contributed by atoms with E-state index in [-0.39, 0.29) is 0 Å². The lowest BCUT2D eigenvalue weighted by molar-refractivity contribution is 1.44. The number of benzene rings is 1. The van der Waals surface area contributed by atoms with Crippen molar-refractivity contribution in [1.82, 2.24) is 0 Å². The second-order valence-corrected chi connectivity index (χ2v) is 5.36. The number of aliphatic imine (C=N–C) groups is 1. The zero-order valence-corrected chi connectivity index (χ0v) is 10.6. The molecule has 2 N–H and O–H groups in total. The molecule has 0 atom stereocenters. The Morgan fingerprint density at radius 1 is 1.35 bits per heavy atom. The van der Waals surface area contributed by atoms with Crippen LogP contribution >= 0.6 is 11.3 Å². The van der Waals surface area contributed by atoms with E-state index in [0.717, 1.165) is 21.9 Å². The van der Waals surface area contributed by atoms with E-state index in [2.05, 4.69) is 36.8 Å². The van der Waals surface area contributed by atoms with Crippen LogP contribution in [0.5, 0.6) is 0 Å². The number of nitrogens with two attached hydrogens (primary N) is 1. The van der Waals surface area contributed by atoms with Gasteiger partial charge in [0.15, 0.2) is 0 Å². The van der Waals surface area contributed by atoms with E-state index in [4.69, 9.17) is 5.73 Å². The molecule has 0 saturated carbocycles. The van der Waals surface area contributed by atoms with Crippen LogP contribution in [-0.2, 0) is 0 Å². The van der Waals surface area contributed by atoms with Crippen molar-refractivity contribution in [2.75, 3.05) is 4.81 Å². The molecule has 5 heteroatoms. The number of para-hydroxylation sites is 2. The first-order valence-electron chi connectivity index (χ1n) is 5.44. The Hall–Kier alpha value is -1.75. The van der Waals surface area contributed by atoms with Crippen LogP contribution in [0.4, 0.5) is 16.4 Å². The molecule has 2 aromatic rings. The predicted octanol–water partition coefficient (Wildman–Crippen LogP) is 2.09. The lowest BCUT2D eigenvalue weighted by Gasteiger charge is -2.18. The smallest absolute Gasteiger partial charge is 0.224 e. The van der Waals surface area contributed by atoms with Gasteiger partial charge in [-0.15, -0.1) is 11.3 Å². The van der Waals surface area contributed by atoms with Crippen LogP contribution in [0, 0.1) is 6.92 Å². The minimum Gasteiger partial charge on any atom is -0.383 e. The molecule has 84 valence electrons. The summed E-state index contributed by atoms with van der Waals surface area (Å²) in [6, 6.07) is 10.2. The van der Waals surface area contributed by atoms with Gasteiger partial charge in [0.25, 0.3) is 0 Å². The largest absolute Gasteiger partial charge is 0.383 e. The Balaban J connectivity index is 2.30. The fourth-order valence-corrected chi connectivity index (χ4v) is 3.07. The number of aryl methyl sites for hydroxylation is 1. The van der Waals surface area contributed by atoms with E-state index in [1.54, 1.807) is 11.3 Å². The van der Waals surface area contributed by atoms with Crippen LogP contribution in [0.3, 0.4) is 0 Å². The van der Waals surface area contributed by atoms with Crippen molar-refractivity contribution >= 4 is 41.5 Å². The third-order valence-electron chi connectivity index (χ3n) is 2.90. The summed E-state index contributed by atoms with van der Waals surface area (Å²) in [6.07, 6.45) is 0. The maximum Gasteiger partial charge on any atom is 0.224 e. The molecule has 0 saturated heterocycles. The van der Waals surface area contributed by atoms with Gasteiger partial charge in [-0.1, -0.05) is 12.1 Å². The van der Waals surface area contributed by atoms with Gasteiger partial charge >= 0.3 is 0 Å². The number of thiophene rings is 1. The van der Waals surface area contributed by atoms with Gasteiger partial charge in [-0.05, 0) is 25.1 Å². The van der Waals surface area contributed by atoms with E-state index < -0.39 is 0 Å². The van der Waals surface area contributed by atoms with Crippen LogP contribution in [0.25, 0.3) is 0 Å². The van der Waals surface area contributed by atoms with Crippen molar-refractivity contribution < 1.29 is 0 Å². The number of fused-ring (bicyclic) bond motifs is 2. The second-order valence-electron chi connectivity index (χ2n) is 4.12. The Labute approximate surface area is 105 Å². The summed E-state index contributed by atoms with van der Waals surface area (Å²) in [5.41, 5.74) is 9.12. The quantitative estimate of drug-likeness (QED) is 0.717. The van der Waals surface area contributed by atoms with Gasteiger partial charge in [-0.25, -0.2) is 4.99 Å². The maximum absolute atomic E-state index is 6.07. The fourth-order valence-electron chi connectivity index (χ4n) is 2.08. The van der Waals surface area contributed by atoms with Gasteiger partial charge in [0.2, 0.25) is 7.98 Å². The third kappa shape index (κ3) is 1.54. The van der Waals surface area contributed by atoms with Crippen LogP contribution in [0.1, 0.15) is 10.4 Å². The van der Waals surface area contributed by atoms with E-state index in [9.17, 15) is 0 Å². The number of nitrogens with zero attached hydrogens (tertiary/aromatic N) is 2. The highest BCUT2D eigenvalue weighted by molar-refractivity contribution is 7.17. The molecular weight excluding hydrogens is 229 g/mol. The van der Waals surface area contributed by atoms with E-state index in [1.807, 2.05) is 18.2 Å². The summed E-state index contributed by atoms with van der Waals surface area (Å²) in [6.45, 7) is 2.09. The first-order chi connectivity index (χ1) is 8.16. The molecule has 1 aromatic carbocycles. The van der Waals surface area contributed by atoms with Crippen molar-refractivity contribution in [3.05, 3.63) is 40.8 Å². The first kappa shape index (κ1) is 10.4.